The van der Waals surface area contributed by atoms with E-state index in [-0.39, 0.29) is 5.41 Å². The maximum atomic E-state index is 4.51. The summed E-state index contributed by atoms with van der Waals surface area (Å²) >= 11 is 0. The molecule has 0 unspecified atom stereocenters. The predicted molar refractivity (Wildman–Crippen MR) is 114 cm³/mol. The molecule has 1 aliphatic rings. The Morgan fingerprint density at radius 1 is 1.11 bits per heavy atom. The number of nitrogens with zero attached hydrogens (tertiary/aromatic N) is 2. The molecule has 0 amide bonds. The molecule has 0 atom stereocenters. The Bertz CT molecular complexity index is 1050. The Morgan fingerprint density at radius 3 is 2.74 bits per heavy atom. The first-order valence-corrected chi connectivity index (χ1v) is 9.89. The number of nitrogens with one attached hydrogen (secondary N) is 1. The molecule has 27 heavy (non-hydrogen) atoms. The lowest BCUT2D eigenvalue weighted by atomic mass is 9.81. The fraction of sp³-hybridized carbons (Fsp3) is 0.333. The molecule has 2 aromatic carbocycles. The van der Waals surface area contributed by atoms with E-state index in [2.05, 4.69) is 91.0 Å². The standard InChI is InChI=1S/C24H27N3/c1-5-6-15-27-22-13-11-17(2)16-19(22)24(3,4)23(27)14-12-21-18-9-7-8-10-20(18)25-26-21/h7-14,16H,5-6,15H2,1-4H3/p+1. The van der Waals surface area contributed by atoms with E-state index in [1.165, 1.54) is 40.8 Å². The third kappa shape index (κ3) is 3.01. The topological polar surface area (TPSA) is 31.7 Å². The molecule has 138 valence electrons. The van der Waals surface area contributed by atoms with Crippen LogP contribution in [0.25, 0.3) is 17.0 Å². The smallest absolute Gasteiger partial charge is 0.209 e. The van der Waals surface area contributed by atoms with Crippen molar-refractivity contribution in [3.05, 3.63) is 65.4 Å². The van der Waals surface area contributed by atoms with Gasteiger partial charge in [0.25, 0.3) is 0 Å². The number of rotatable bonds is 5. The summed E-state index contributed by atoms with van der Waals surface area (Å²) in [5.74, 6) is 0. The SMILES string of the molecule is CCCC[N+]1=C(/C=C/c2n[nH]c3ccccc23)C(C)(C)c2cc(C)ccc21. The fourth-order valence-electron chi connectivity index (χ4n) is 4.12. The number of aromatic amines is 1. The van der Waals surface area contributed by atoms with Gasteiger partial charge in [-0.25, -0.2) is 0 Å². The van der Waals surface area contributed by atoms with Crippen molar-refractivity contribution in [3.63, 3.8) is 0 Å². The number of para-hydroxylation sites is 1. The average molecular weight is 359 g/mol. The van der Waals surface area contributed by atoms with Crippen LogP contribution in [-0.2, 0) is 5.41 Å². The number of allylic oxidation sites excluding steroid dienone is 1. The van der Waals surface area contributed by atoms with Gasteiger partial charge in [-0.05, 0) is 39.0 Å². The van der Waals surface area contributed by atoms with E-state index in [0.29, 0.717) is 0 Å². The first kappa shape index (κ1) is 17.7. The number of hydrogen-bond acceptors (Lipinski definition) is 1. The second-order valence-corrected chi connectivity index (χ2v) is 8.02. The highest BCUT2D eigenvalue weighted by atomic mass is 15.1. The summed E-state index contributed by atoms with van der Waals surface area (Å²) in [5, 5.41) is 8.81. The van der Waals surface area contributed by atoms with E-state index >= 15 is 0 Å². The molecule has 1 aliphatic heterocycles. The largest absolute Gasteiger partial charge is 0.277 e. The highest BCUT2D eigenvalue weighted by Crippen LogP contribution is 2.40. The number of aryl methyl sites for hydroxylation is 1. The van der Waals surface area contributed by atoms with Crippen LogP contribution in [-0.4, -0.2) is 27.0 Å². The van der Waals surface area contributed by atoms with Gasteiger partial charge in [-0.15, -0.1) is 0 Å². The minimum absolute atomic E-state index is 0.0162. The summed E-state index contributed by atoms with van der Waals surface area (Å²) in [4.78, 5) is 0. The molecule has 1 N–H and O–H groups in total. The van der Waals surface area contributed by atoms with Gasteiger partial charge < -0.3 is 0 Å². The van der Waals surface area contributed by atoms with Crippen molar-refractivity contribution in [2.75, 3.05) is 6.54 Å². The quantitative estimate of drug-likeness (QED) is 0.578. The second-order valence-electron chi connectivity index (χ2n) is 8.02. The average Bonchev–Trinajstić information content (AvgIpc) is 3.15. The number of fused-ring (bicyclic) bond motifs is 2. The third-order valence-electron chi connectivity index (χ3n) is 5.68. The monoisotopic (exact) mass is 358 g/mol. The zero-order chi connectivity index (χ0) is 19.0. The Hall–Kier alpha value is -2.68. The van der Waals surface area contributed by atoms with E-state index in [4.69, 9.17) is 0 Å². The first-order valence-electron chi connectivity index (χ1n) is 9.89. The van der Waals surface area contributed by atoms with Gasteiger partial charge in [-0.3, -0.25) is 5.10 Å². The number of hydrogen-bond donors (Lipinski definition) is 1. The number of benzene rings is 2. The lowest BCUT2D eigenvalue weighted by Crippen LogP contribution is -2.27. The predicted octanol–water partition coefficient (Wildman–Crippen LogP) is 5.76. The fourth-order valence-corrected chi connectivity index (χ4v) is 4.12. The Kier molecular flexibility index (Phi) is 4.47. The second kappa shape index (κ2) is 6.80. The maximum absolute atomic E-state index is 4.51. The van der Waals surface area contributed by atoms with Crippen LogP contribution in [0.1, 0.15) is 50.4 Å². The van der Waals surface area contributed by atoms with Crippen LogP contribution < -0.4 is 0 Å². The molecule has 0 saturated heterocycles. The molecule has 0 radical (unpaired) electrons. The summed E-state index contributed by atoms with van der Waals surface area (Å²) < 4.78 is 2.50. The number of aromatic nitrogens is 2. The molecule has 1 aromatic heterocycles. The van der Waals surface area contributed by atoms with Crippen LogP contribution in [0.3, 0.4) is 0 Å². The molecule has 2 heterocycles. The molecule has 3 aromatic rings. The van der Waals surface area contributed by atoms with Crippen LogP contribution in [0.2, 0.25) is 0 Å². The molecule has 0 aliphatic carbocycles. The molecule has 0 fully saturated rings. The van der Waals surface area contributed by atoms with Gasteiger partial charge in [0.1, 0.15) is 6.54 Å². The summed E-state index contributed by atoms with van der Waals surface area (Å²) in [6.07, 6.45) is 6.81. The molecule has 3 heteroatoms. The van der Waals surface area contributed by atoms with Crippen LogP contribution in [0.15, 0.2) is 48.5 Å². The van der Waals surface area contributed by atoms with Crippen molar-refractivity contribution < 1.29 is 4.58 Å². The van der Waals surface area contributed by atoms with Gasteiger partial charge in [0.15, 0.2) is 5.71 Å². The normalized spacial score (nSPS) is 15.9. The summed E-state index contributed by atoms with van der Waals surface area (Å²) in [6, 6.07) is 15.1. The van der Waals surface area contributed by atoms with Crippen molar-refractivity contribution in [2.45, 2.75) is 46.0 Å². The zero-order valence-corrected chi connectivity index (χ0v) is 16.7. The minimum Gasteiger partial charge on any atom is -0.277 e. The van der Waals surface area contributed by atoms with Gasteiger partial charge in [0.2, 0.25) is 5.69 Å². The Balaban J connectivity index is 1.80. The van der Waals surface area contributed by atoms with Gasteiger partial charge in [0.05, 0.1) is 16.6 Å². The van der Waals surface area contributed by atoms with Crippen molar-refractivity contribution >= 4 is 28.4 Å². The minimum atomic E-state index is -0.0162. The van der Waals surface area contributed by atoms with E-state index in [1.807, 2.05) is 6.07 Å². The van der Waals surface area contributed by atoms with Crippen molar-refractivity contribution in [3.8, 4) is 0 Å². The van der Waals surface area contributed by atoms with Crippen LogP contribution in [0.5, 0.6) is 0 Å². The van der Waals surface area contributed by atoms with Gasteiger partial charge in [0, 0.05) is 29.5 Å². The highest BCUT2D eigenvalue weighted by Gasteiger charge is 2.44. The van der Waals surface area contributed by atoms with Crippen molar-refractivity contribution in [1.29, 1.82) is 0 Å². The van der Waals surface area contributed by atoms with E-state index in [9.17, 15) is 0 Å². The first-order chi connectivity index (χ1) is 13.0. The van der Waals surface area contributed by atoms with Crippen molar-refractivity contribution in [2.24, 2.45) is 0 Å². The lowest BCUT2D eigenvalue weighted by Gasteiger charge is -2.15. The van der Waals surface area contributed by atoms with Gasteiger partial charge >= 0.3 is 0 Å². The molecular weight excluding hydrogens is 330 g/mol. The summed E-state index contributed by atoms with van der Waals surface area (Å²) in [7, 11) is 0. The molecular formula is C24H28N3+. The summed E-state index contributed by atoms with van der Waals surface area (Å²) in [5.41, 5.74) is 7.50. The van der Waals surface area contributed by atoms with Gasteiger partial charge in [-0.1, -0.05) is 43.2 Å². The van der Waals surface area contributed by atoms with Crippen LogP contribution in [0, 0.1) is 6.92 Å². The summed E-state index contributed by atoms with van der Waals surface area (Å²) in [6.45, 7) is 10.1. The van der Waals surface area contributed by atoms with E-state index < -0.39 is 0 Å². The number of H-pyrrole nitrogens is 1. The number of unbranched alkanes of at least 4 members (excludes halogenated alkanes) is 1. The Labute approximate surface area is 161 Å². The molecule has 3 nitrogen and oxygen atoms in total. The van der Waals surface area contributed by atoms with E-state index in [1.54, 1.807) is 0 Å². The molecule has 0 spiro atoms. The van der Waals surface area contributed by atoms with Gasteiger partial charge in [-0.2, -0.15) is 9.67 Å². The molecule has 4 rings (SSSR count). The van der Waals surface area contributed by atoms with Crippen LogP contribution >= 0.6 is 0 Å². The van der Waals surface area contributed by atoms with Crippen LogP contribution in [0.4, 0.5) is 5.69 Å². The Morgan fingerprint density at radius 2 is 1.93 bits per heavy atom. The van der Waals surface area contributed by atoms with Crippen molar-refractivity contribution in [1.82, 2.24) is 10.2 Å². The van der Waals surface area contributed by atoms with E-state index in [0.717, 1.165) is 17.8 Å². The molecule has 0 saturated carbocycles. The highest BCUT2D eigenvalue weighted by molar-refractivity contribution is 6.06. The lowest BCUT2D eigenvalue weighted by molar-refractivity contribution is -0.438. The zero-order valence-electron chi connectivity index (χ0n) is 16.7. The third-order valence-corrected chi connectivity index (χ3v) is 5.68. The maximum Gasteiger partial charge on any atom is 0.209 e. The molecule has 0 bridgehead atoms.